The molecule has 1 aromatic rings. The summed E-state index contributed by atoms with van der Waals surface area (Å²) in [7, 11) is -0.466. The Morgan fingerprint density at radius 1 is 1.29 bits per heavy atom. The average Bonchev–Trinajstić information content (AvgIpc) is 2.57. The predicted octanol–water partition coefficient (Wildman–Crippen LogP) is 1.66. The molecule has 21 heavy (non-hydrogen) atoms. The van der Waals surface area contributed by atoms with Crippen molar-refractivity contribution >= 4 is 13.2 Å². The molecule has 2 rings (SSSR count). The van der Waals surface area contributed by atoms with Crippen molar-refractivity contribution in [1.29, 1.82) is 0 Å². The van der Waals surface area contributed by atoms with E-state index in [9.17, 15) is 4.79 Å². The molecule has 0 bridgehead atoms. The lowest BCUT2D eigenvalue weighted by Crippen LogP contribution is -2.41. The molecular formula is C15H23BN2O3. The average molecular weight is 290 g/mol. The summed E-state index contributed by atoms with van der Waals surface area (Å²) in [6.45, 7) is 10.2. The van der Waals surface area contributed by atoms with E-state index >= 15 is 0 Å². The molecule has 0 saturated carbocycles. The highest BCUT2D eigenvalue weighted by molar-refractivity contribution is 6.55. The van der Waals surface area contributed by atoms with E-state index in [1.807, 2.05) is 40.7 Å². The zero-order chi connectivity index (χ0) is 15.8. The summed E-state index contributed by atoms with van der Waals surface area (Å²) in [5, 5.41) is 0. The minimum Gasteiger partial charge on any atom is -0.400 e. The van der Waals surface area contributed by atoms with Crippen molar-refractivity contribution < 1.29 is 9.31 Å². The van der Waals surface area contributed by atoms with Gasteiger partial charge in [-0.05, 0) is 51.7 Å². The molecule has 0 aromatic carbocycles. The monoisotopic (exact) mass is 290 g/mol. The van der Waals surface area contributed by atoms with Crippen LogP contribution in [0.1, 0.15) is 39.0 Å². The number of rotatable bonds is 3. The third kappa shape index (κ3) is 3.12. The second-order valence-corrected chi connectivity index (χ2v) is 6.41. The Kier molecular flexibility index (Phi) is 4.15. The molecule has 0 aliphatic carbocycles. The largest absolute Gasteiger partial charge is 0.491 e. The molecule has 1 aromatic heterocycles. The number of hydrogen-bond acceptors (Lipinski definition) is 4. The molecule has 0 spiro atoms. The zero-order valence-electron chi connectivity index (χ0n) is 13.3. The van der Waals surface area contributed by atoms with Crippen LogP contribution in [0.15, 0.2) is 22.4 Å². The number of aromatic nitrogens is 1. The van der Waals surface area contributed by atoms with Crippen LogP contribution in [-0.2, 0) is 9.31 Å². The Hall–Kier alpha value is -1.37. The molecule has 3 N–H and O–H groups in total. The van der Waals surface area contributed by atoms with Gasteiger partial charge in [-0.25, -0.2) is 0 Å². The van der Waals surface area contributed by atoms with Crippen LogP contribution >= 0.6 is 0 Å². The minimum atomic E-state index is -0.466. The molecule has 6 heteroatoms. The van der Waals surface area contributed by atoms with Crippen molar-refractivity contribution in [2.24, 2.45) is 5.73 Å². The third-order valence-corrected chi connectivity index (χ3v) is 4.29. The van der Waals surface area contributed by atoms with Gasteiger partial charge in [0, 0.05) is 18.3 Å². The van der Waals surface area contributed by atoms with E-state index in [-0.39, 0.29) is 5.56 Å². The summed E-state index contributed by atoms with van der Waals surface area (Å²) >= 11 is 0. The first kappa shape index (κ1) is 16.0. The Morgan fingerprint density at radius 3 is 2.33 bits per heavy atom. The summed E-state index contributed by atoms with van der Waals surface area (Å²) in [5.41, 5.74) is 7.50. The van der Waals surface area contributed by atoms with Gasteiger partial charge < -0.3 is 20.0 Å². The van der Waals surface area contributed by atoms with Gasteiger partial charge >= 0.3 is 7.12 Å². The third-order valence-electron chi connectivity index (χ3n) is 4.29. The van der Waals surface area contributed by atoms with Crippen LogP contribution in [0, 0.1) is 6.92 Å². The molecule has 0 amide bonds. The summed E-state index contributed by atoms with van der Waals surface area (Å²) < 4.78 is 12.0. The van der Waals surface area contributed by atoms with Gasteiger partial charge in [-0.3, -0.25) is 4.79 Å². The van der Waals surface area contributed by atoms with Crippen LogP contribution < -0.4 is 11.3 Å². The zero-order valence-corrected chi connectivity index (χ0v) is 13.3. The van der Waals surface area contributed by atoms with Crippen LogP contribution in [0.2, 0.25) is 0 Å². The van der Waals surface area contributed by atoms with Gasteiger partial charge in [0.05, 0.1) is 11.2 Å². The molecule has 1 saturated heterocycles. The van der Waals surface area contributed by atoms with Gasteiger partial charge in [-0.2, -0.15) is 0 Å². The Bertz CT molecular complexity index is 604. The SMILES string of the molecule is Cc1[nH]c(=O)ccc1C=C(CN)B1OC(C)(C)C(C)(C)O1. The van der Waals surface area contributed by atoms with Crippen LogP contribution in [0.5, 0.6) is 0 Å². The van der Waals surface area contributed by atoms with Crippen molar-refractivity contribution in [3.63, 3.8) is 0 Å². The molecule has 0 unspecified atom stereocenters. The number of aromatic amines is 1. The van der Waals surface area contributed by atoms with Crippen molar-refractivity contribution in [1.82, 2.24) is 4.98 Å². The highest BCUT2D eigenvalue weighted by Gasteiger charge is 2.52. The van der Waals surface area contributed by atoms with Crippen molar-refractivity contribution in [3.05, 3.63) is 39.2 Å². The number of pyridine rings is 1. The van der Waals surface area contributed by atoms with Crippen molar-refractivity contribution in [3.8, 4) is 0 Å². The van der Waals surface area contributed by atoms with Crippen molar-refractivity contribution in [2.75, 3.05) is 6.54 Å². The van der Waals surface area contributed by atoms with E-state index in [1.165, 1.54) is 6.07 Å². The Labute approximate surface area is 125 Å². The van der Waals surface area contributed by atoms with E-state index in [4.69, 9.17) is 15.0 Å². The first-order valence-corrected chi connectivity index (χ1v) is 7.12. The topological polar surface area (TPSA) is 77.3 Å². The lowest BCUT2D eigenvalue weighted by Gasteiger charge is -2.32. The van der Waals surface area contributed by atoms with Gasteiger partial charge in [0.15, 0.2) is 0 Å². The summed E-state index contributed by atoms with van der Waals surface area (Å²) in [4.78, 5) is 14.0. The molecule has 2 heterocycles. The van der Waals surface area contributed by atoms with Crippen LogP contribution in [0.4, 0.5) is 0 Å². The van der Waals surface area contributed by atoms with E-state index in [0.717, 1.165) is 16.7 Å². The Morgan fingerprint density at radius 2 is 1.86 bits per heavy atom. The smallest absolute Gasteiger partial charge is 0.400 e. The van der Waals surface area contributed by atoms with Gasteiger partial charge in [0.25, 0.3) is 0 Å². The van der Waals surface area contributed by atoms with Crippen LogP contribution in [0.25, 0.3) is 6.08 Å². The van der Waals surface area contributed by atoms with E-state index in [2.05, 4.69) is 4.98 Å². The second-order valence-electron chi connectivity index (χ2n) is 6.41. The predicted molar refractivity (Wildman–Crippen MR) is 84.9 cm³/mol. The van der Waals surface area contributed by atoms with Gasteiger partial charge in [0.1, 0.15) is 0 Å². The number of aryl methyl sites for hydroxylation is 1. The lowest BCUT2D eigenvalue weighted by atomic mass is 9.77. The fraction of sp³-hybridized carbons (Fsp3) is 0.533. The number of nitrogens with one attached hydrogen (secondary N) is 1. The fourth-order valence-electron chi connectivity index (χ4n) is 2.16. The van der Waals surface area contributed by atoms with Crippen LogP contribution in [-0.4, -0.2) is 29.8 Å². The lowest BCUT2D eigenvalue weighted by molar-refractivity contribution is 0.00578. The number of nitrogens with two attached hydrogens (primary N) is 1. The van der Waals surface area contributed by atoms with Gasteiger partial charge in [-0.15, -0.1) is 0 Å². The van der Waals surface area contributed by atoms with Gasteiger partial charge in [0.2, 0.25) is 5.56 Å². The van der Waals surface area contributed by atoms with Crippen LogP contribution in [0.3, 0.4) is 0 Å². The maximum absolute atomic E-state index is 11.3. The normalized spacial score (nSPS) is 20.9. The molecule has 0 atom stereocenters. The molecule has 1 fully saturated rings. The molecule has 1 aliphatic rings. The first-order chi connectivity index (χ1) is 9.66. The second kappa shape index (κ2) is 5.44. The van der Waals surface area contributed by atoms with Crippen molar-refractivity contribution in [2.45, 2.75) is 45.8 Å². The first-order valence-electron chi connectivity index (χ1n) is 7.12. The number of hydrogen-bond donors (Lipinski definition) is 2. The molecular weight excluding hydrogens is 267 g/mol. The maximum atomic E-state index is 11.3. The minimum absolute atomic E-state index is 0.116. The Balaban J connectivity index is 2.33. The molecule has 1 aliphatic heterocycles. The maximum Gasteiger partial charge on any atom is 0.491 e. The molecule has 114 valence electrons. The summed E-state index contributed by atoms with van der Waals surface area (Å²) in [6.07, 6.45) is 1.92. The highest BCUT2D eigenvalue weighted by atomic mass is 16.7. The summed E-state index contributed by atoms with van der Waals surface area (Å²) in [5.74, 6) is 0. The summed E-state index contributed by atoms with van der Waals surface area (Å²) in [6, 6.07) is 3.27. The quantitative estimate of drug-likeness (QED) is 0.830. The highest BCUT2D eigenvalue weighted by Crippen LogP contribution is 2.38. The number of H-pyrrole nitrogens is 1. The van der Waals surface area contributed by atoms with Gasteiger partial charge in [-0.1, -0.05) is 6.08 Å². The molecule has 0 radical (unpaired) electrons. The fourth-order valence-corrected chi connectivity index (χ4v) is 2.16. The van der Waals surface area contributed by atoms with E-state index in [1.54, 1.807) is 6.07 Å². The molecule has 5 nitrogen and oxygen atoms in total. The van der Waals surface area contributed by atoms with E-state index in [0.29, 0.717) is 6.54 Å². The van der Waals surface area contributed by atoms with E-state index < -0.39 is 18.3 Å². The standard InChI is InChI=1S/C15H23BN2O3/c1-10-11(6-7-13(19)18-10)8-12(9-17)16-20-14(2,3)15(4,5)21-16/h6-8H,9,17H2,1-5H3,(H,18,19).